The van der Waals surface area contributed by atoms with Crippen molar-refractivity contribution in [2.75, 3.05) is 26.7 Å². The zero-order valence-corrected chi connectivity index (χ0v) is 16.7. The highest BCUT2D eigenvalue weighted by Gasteiger charge is 2.33. The first-order valence-corrected chi connectivity index (χ1v) is 9.84. The number of benzene rings is 1. The van der Waals surface area contributed by atoms with Crippen LogP contribution in [-0.4, -0.2) is 37.7 Å². The van der Waals surface area contributed by atoms with Gasteiger partial charge in [0, 0.05) is 31.9 Å². The standard InChI is InChI=1S/C19H25F3N4OS/c1-14(11-27-12-15-6-4-3-5-7-15)10-25-18(23-2)24-9-8-17-26-16(13-28-17)19(20,21)22/h3-7,13-14H,8-12H2,1-2H3,(H2,23,24,25). The maximum Gasteiger partial charge on any atom is 0.434 e. The lowest BCUT2D eigenvalue weighted by Crippen LogP contribution is -2.40. The van der Waals surface area contributed by atoms with Gasteiger partial charge in [-0.3, -0.25) is 4.99 Å². The Morgan fingerprint density at radius 3 is 2.64 bits per heavy atom. The predicted molar refractivity (Wildman–Crippen MR) is 105 cm³/mol. The van der Waals surface area contributed by atoms with E-state index in [1.54, 1.807) is 7.05 Å². The summed E-state index contributed by atoms with van der Waals surface area (Å²) in [5.74, 6) is 0.873. The Morgan fingerprint density at radius 1 is 1.25 bits per heavy atom. The van der Waals surface area contributed by atoms with Gasteiger partial charge >= 0.3 is 6.18 Å². The molecule has 2 rings (SSSR count). The van der Waals surface area contributed by atoms with E-state index < -0.39 is 11.9 Å². The number of halogens is 3. The lowest BCUT2D eigenvalue weighted by molar-refractivity contribution is -0.140. The van der Waals surface area contributed by atoms with E-state index in [0.29, 0.717) is 43.7 Å². The van der Waals surface area contributed by atoms with Crippen LogP contribution in [0.3, 0.4) is 0 Å². The minimum atomic E-state index is -4.39. The Morgan fingerprint density at radius 2 is 2.00 bits per heavy atom. The Bertz CT molecular complexity index is 734. The van der Waals surface area contributed by atoms with Crippen LogP contribution in [0.4, 0.5) is 13.2 Å². The average molecular weight is 414 g/mol. The summed E-state index contributed by atoms with van der Waals surface area (Å²) >= 11 is 1.01. The number of nitrogens with zero attached hydrogens (tertiary/aromatic N) is 2. The maximum atomic E-state index is 12.6. The smallest absolute Gasteiger partial charge is 0.376 e. The molecule has 0 amide bonds. The highest BCUT2D eigenvalue weighted by Crippen LogP contribution is 2.29. The third kappa shape index (κ3) is 7.85. The van der Waals surface area contributed by atoms with Crippen molar-refractivity contribution in [3.05, 3.63) is 52.0 Å². The third-order valence-corrected chi connectivity index (χ3v) is 4.74. The molecule has 0 radical (unpaired) electrons. The van der Waals surface area contributed by atoms with Gasteiger partial charge in [0.1, 0.15) is 0 Å². The number of aromatic nitrogens is 1. The number of ether oxygens (including phenoxy) is 1. The van der Waals surface area contributed by atoms with Gasteiger partial charge in [0.25, 0.3) is 0 Å². The van der Waals surface area contributed by atoms with Crippen molar-refractivity contribution in [2.45, 2.75) is 26.1 Å². The van der Waals surface area contributed by atoms with Crippen LogP contribution in [0.5, 0.6) is 0 Å². The topological polar surface area (TPSA) is 58.5 Å². The molecule has 0 fully saturated rings. The lowest BCUT2D eigenvalue weighted by atomic mass is 10.2. The van der Waals surface area contributed by atoms with Crippen LogP contribution in [0.2, 0.25) is 0 Å². The lowest BCUT2D eigenvalue weighted by Gasteiger charge is -2.16. The second-order valence-electron chi connectivity index (χ2n) is 6.36. The largest absolute Gasteiger partial charge is 0.434 e. The summed E-state index contributed by atoms with van der Waals surface area (Å²) in [5.41, 5.74) is 0.301. The Balaban J connectivity index is 1.63. The molecule has 2 N–H and O–H groups in total. The predicted octanol–water partition coefficient (Wildman–Crippen LogP) is 3.72. The molecule has 0 bridgehead atoms. The maximum absolute atomic E-state index is 12.6. The normalized spacial score (nSPS) is 13.4. The fourth-order valence-corrected chi connectivity index (χ4v) is 3.15. The first-order valence-electron chi connectivity index (χ1n) is 8.96. The molecular formula is C19H25F3N4OS. The van der Waals surface area contributed by atoms with Gasteiger partial charge in [0.2, 0.25) is 0 Å². The minimum Gasteiger partial charge on any atom is -0.376 e. The molecule has 0 saturated carbocycles. The van der Waals surface area contributed by atoms with Crippen LogP contribution < -0.4 is 10.6 Å². The first-order chi connectivity index (χ1) is 13.4. The Kier molecular flexibility index (Phi) is 8.72. The molecule has 1 unspecified atom stereocenters. The van der Waals surface area contributed by atoms with Gasteiger partial charge in [-0.25, -0.2) is 4.98 Å². The summed E-state index contributed by atoms with van der Waals surface area (Å²) in [7, 11) is 1.65. The summed E-state index contributed by atoms with van der Waals surface area (Å²) in [6, 6.07) is 9.98. The van der Waals surface area contributed by atoms with Crippen LogP contribution >= 0.6 is 11.3 Å². The summed E-state index contributed by atoms with van der Waals surface area (Å²) < 4.78 is 43.4. The van der Waals surface area contributed by atoms with E-state index in [0.717, 1.165) is 22.3 Å². The van der Waals surface area contributed by atoms with Gasteiger partial charge in [-0.05, 0) is 11.5 Å². The quantitative estimate of drug-likeness (QED) is 0.485. The summed E-state index contributed by atoms with van der Waals surface area (Å²) in [6.07, 6.45) is -3.99. The summed E-state index contributed by atoms with van der Waals surface area (Å²) in [6.45, 7) is 4.37. The van der Waals surface area contributed by atoms with E-state index in [1.807, 2.05) is 30.3 Å². The highest BCUT2D eigenvalue weighted by molar-refractivity contribution is 7.09. The fourth-order valence-electron chi connectivity index (χ4n) is 2.35. The molecule has 9 heteroatoms. The molecule has 5 nitrogen and oxygen atoms in total. The van der Waals surface area contributed by atoms with E-state index in [1.165, 1.54) is 0 Å². The van der Waals surface area contributed by atoms with E-state index >= 15 is 0 Å². The van der Waals surface area contributed by atoms with Gasteiger partial charge in [-0.2, -0.15) is 13.2 Å². The van der Waals surface area contributed by atoms with Gasteiger partial charge < -0.3 is 15.4 Å². The van der Waals surface area contributed by atoms with E-state index in [9.17, 15) is 13.2 Å². The molecular weight excluding hydrogens is 389 g/mol. The molecule has 0 spiro atoms. The zero-order chi connectivity index (χ0) is 20.4. The highest BCUT2D eigenvalue weighted by atomic mass is 32.1. The van der Waals surface area contributed by atoms with Crippen LogP contribution in [-0.2, 0) is 23.9 Å². The number of alkyl halides is 3. The SMILES string of the molecule is CN=C(NCCc1nc(C(F)(F)F)cs1)NCC(C)COCc1ccccc1. The number of guanidine groups is 1. The fraction of sp³-hybridized carbons (Fsp3) is 0.474. The average Bonchev–Trinajstić information content (AvgIpc) is 3.15. The number of hydrogen-bond donors (Lipinski definition) is 2. The van der Waals surface area contributed by atoms with Crippen LogP contribution in [0.25, 0.3) is 0 Å². The molecule has 154 valence electrons. The first kappa shape index (κ1) is 22.2. The van der Waals surface area contributed by atoms with Crippen molar-refractivity contribution >= 4 is 17.3 Å². The molecule has 2 aromatic rings. The molecule has 0 aliphatic carbocycles. The van der Waals surface area contributed by atoms with Gasteiger partial charge in [0.05, 0.1) is 18.2 Å². The summed E-state index contributed by atoms with van der Waals surface area (Å²) in [4.78, 5) is 7.73. The molecule has 0 aliphatic rings. The van der Waals surface area contributed by atoms with Gasteiger partial charge in [-0.15, -0.1) is 11.3 Å². The molecule has 1 heterocycles. The van der Waals surface area contributed by atoms with Crippen molar-refractivity contribution in [2.24, 2.45) is 10.9 Å². The van der Waals surface area contributed by atoms with Crippen molar-refractivity contribution in [1.82, 2.24) is 15.6 Å². The van der Waals surface area contributed by atoms with Crippen molar-refractivity contribution in [1.29, 1.82) is 0 Å². The number of nitrogens with one attached hydrogen (secondary N) is 2. The second-order valence-corrected chi connectivity index (χ2v) is 7.30. The molecule has 1 atom stereocenters. The molecule has 1 aromatic carbocycles. The monoisotopic (exact) mass is 414 g/mol. The van der Waals surface area contributed by atoms with Gasteiger partial charge in [-0.1, -0.05) is 37.3 Å². The number of thiazole rings is 1. The summed E-state index contributed by atoms with van der Waals surface area (Å²) in [5, 5.41) is 7.77. The molecule has 0 aliphatic heterocycles. The second kappa shape index (κ2) is 11.0. The Labute approximate surface area is 167 Å². The Hall–Kier alpha value is -2.13. The minimum absolute atomic E-state index is 0.274. The number of rotatable bonds is 9. The van der Waals surface area contributed by atoms with E-state index in [2.05, 4.69) is 27.5 Å². The van der Waals surface area contributed by atoms with Crippen LogP contribution in [0.1, 0.15) is 23.2 Å². The van der Waals surface area contributed by atoms with Crippen molar-refractivity contribution in [3.8, 4) is 0 Å². The van der Waals surface area contributed by atoms with E-state index in [-0.39, 0.29) is 5.92 Å². The third-order valence-electron chi connectivity index (χ3n) is 3.83. The number of hydrogen-bond acceptors (Lipinski definition) is 4. The zero-order valence-electron chi connectivity index (χ0n) is 15.9. The van der Waals surface area contributed by atoms with Crippen molar-refractivity contribution < 1.29 is 17.9 Å². The van der Waals surface area contributed by atoms with Crippen LogP contribution in [0, 0.1) is 5.92 Å². The van der Waals surface area contributed by atoms with Gasteiger partial charge in [0.15, 0.2) is 11.7 Å². The molecule has 0 saturated heterocycles. The molecule has 1 aromatic heterocycles. The number of aliphatic imine (C=N–C) groups is 1. The van der Waals surface area contributed by atoms with Crippen LogP contribution in [0.15, 0.2) is 40.7 Å². The van der Waals surface area contributed by atoms with E-state index in [4.69, 9.17) is 4.74 Å². The van der Waals surface area contributed by atoms with Crippen molar-refractivity contribution in [3.63, 3.8) is 0 Å². The molecule has 28 heavy (non-hydrogen) atoms.